The first-order chi connectivity index (χ1) is 22.9. The molecule has 3 saturated heterocycles. The highest BCUT2D eigenvalue weighted by Gasteiger charge is 2.60. The number of alkyl halides is 1. The molecule has 0 aromatic carbocycles. The van der Waals surface area contributed by atoms with Crippen molar-refractivity contribution < 1.29 is 47.6 Å². The number of nitrogens with two attached hydrogens (primary N) is 1. The van der Waals surface area contributed by atoms with Gasteiger partial charge in [0.1, 0.15) is 12.2 Å². The number of azide groups is 1. The smallest absolute Gasteiger partial charge is 0.410 e. The topological polar surface area (TPSA) is 208 Å². The van der Waals surface area contributed by atoms with E-state index in [4.69, 9.17) is 34.9 Å². The number of hydrogen-bond donors (Lipinski definition) is 3. The van der Waals surface area contributed by atoms with Crippen molar-refractivity contribution in [3.63, 3.8) is 0 Å². The molecule has 3 rings (SSSR count). The predicted octanol–water partition coefficient (Wildman–Crippen LogP) is 3.54. The summed E-state index contributed by atoms with van der Waals surface area (Å²) in [7, 11) is 1.46. The first-order valence-corrected chi connectivity index (χ1v) is 17.4. The molecule has 3 aliphatic rings. The van der Waals surface area contributed by atoms with Gasteiger partial charge in [0.25, 0.3) is 5.67 Å². The molecule has 15 nitrogen and oxygen atoms in total. The Bertz CT molecular complexity index is 1220. The number of cyclic esters (lactones) is 1. The monoisotopic (exact) mass is 700 g/mol. The van der Waals surface area contributed by atoms with Gasteiger partial charge < -0.3 is 39.8 Å². The fraction of sp³-hybridized carbons (Fsp3) is 0.909. The lowest BCUT2D eigenvalue weighted by atomic mass is 9.78. The molecule has 0 radical (unpaired) electrons. The molecule has 13 atom stereocenters. The molecule has 0 aliphatic carbocycles. The van der Waals surface area contributed by atoms with E-state index in [0.29, 0.717) is 32.2 Å². The van der Waals surface area contributed by atoms with Crippen molar-refractivity contribution >= 4 is 17.8 Å². The van der Waals surface area contributed by atoms with E-state index < -0.39 is 83.4 Å². The standard InChI is InChI=1S/C33H57FN6O9/c1-10-23-33(8)25(40(30(44)49-33)14-12-11-13-38-39-36)21(5)37-17-18(2)16-31(6,45-9)27(20(4)26(42)32(7,34)29(43)47-23)48-28-24(41)22(35)15-19(3)46-28/h18-25,27-28,37,41H,10-17,35H2,1-9H3/t18-,19?,20-,21-,22?,23-,24?,25-,27-,28+,31-,32-,33-/m1/s1. The van der Waals surface area contributed by atoms with Crippen LogP contribution in [0.5, 0.6) is 0 Å². The Morgan fingerprint density at radius 2 is 1.86 bits per heavy atom. The van der Waals surface area contributed by atoms with Crippen LogP contribution in [0.4, 0.5) is 9.18 Å². The summed E-state index contributed by atoms with van der Waals surface area (Å²) in [6, 6.07) is -1.72. The van der Waals surface area contributed by atoms with E-state index in [2.05, 4.69) is 15.3 Å². The summed E-state index contributed by atoms with van der Waals surface area (Å²) >= 11 is 0. The Balaban J connectivity index is 2.06. The van der Waals surface area contributed by atoms with Crippen LogP contribution in [-0.4, -0.2) is 120 Å². The zero-order valence-electron chi connectivity index (χ0n) is 30.4. The summed E-state index contributed by atoms with van der Waals surface area (Å²) in [6.07, 6.45) is -3.83. The number of halogens is 1. The van der Waals surface area contributed by atoms with Gasteiger partial charge in [-0.2, -0.15) is 0 Å². The normalized spacial score (nSPS) is 42.7. The molecule has 0 aromatic heterocycles. The molecule has 0 bridgehead atoms. The number of aliphatic hydroxyl groups is 1. The second-order valence-corrected chi connectivity index (χ2v) is 14.6. The molecule has 0 saturated carbocycles. The van der Waals surface area contributed by atoms with Gasteiger partial charge in [-0.25, -0.2) is 14.0 Å². The molecular formula is C33H57FN6O9. The highest BCUT2D eigenvalue weighted by Crippen LogP contribution is 2.40. The fourth-order valence-electron chi connectivity index (χ4n) is 7.72. The second-order valence-electron chi connectivity index (χ2n) is 14.6. The molecule has 3 heterocycles. The Labute approximate surface area is 288 Å². The van der Waals surface area contributed by atoms with Crippen LogP contribution < -0.4 is 11.1 Å². The van der Waals surface area contributed by atoms with Crippen molar-refractivity contribution in [2.45, 2.75) is 153 Å². The zero-order chi connectivity index (χ0) is 36.9. The van der Waals surface area contributed by atoms with Crippen molar-refractivity contribution in [1.82, 2.24) is 10.2 Å². The van der Waals surface area contributed by atoms with Crippen molar-refractivity contribution in [2.75, 3.05) is 26.7 Å². The summed E-state index contributed by atoms with van der Waals surface area (Å²) in [5.74, 6) is -3.94. The van der Waals surface area contributed by atoms with Gasteiger partial charge in [-0.15, -0.1) is 0 Å². The average Bonchev–Trinajstić information content (AvgIpc) is 3.30. The number of carbonyl (C=O) groups excluding carboxylic acids is 3. The first-order valence-electron chi connectivity index (χ1n) is 17.4. The van der Waals surface area contributed by atoms with Crippen LogP contribution >= 0.6 is 0 Å². The maximum Gasteiger partial charge on any atom is 0.410 e. The van der Waals surface area contributed by atoms with Crippen molar-refractivity contribution in [2.24, 2.45) is 22.7 Å². The largest absolute Gasteiger partial charge is 0.455 e. The van der Waals surface area contributed by atoms with Crippen molar-refractivity contribution in [3.8, 4) is 0 Å². The van der Waals surface area contributed by atoms with Crippen LogP contribution in [0.3, 0.4) is 0 Å². The number of unbranched alkanes of at least 4 members (excludes halogenated alkanes) is 1. The van der Waals surface area contributed by atoms with E-state index in [1.165, 1.54) is 14.0 Å². The second kappa shape index (κ2) is 16.6. The highest BCUT2D eigenvalue weighted by atomic mass is 19.1. The highest BCUT2D eigenvalue weighted by molar-refractivity contribution is 6.07. The molecule has 1 amide bonds. The van der Waals surface area contributed by atoms with E-state index >= 15 is 4.39 Å². The van der Waals surface area contributed by atoms with Gasteiger partial charge in [-0.3, -0.25) is 9.69 Å². The van der Waals surface area contributed by atoms with Gasteiger partial charge in [0.2, 0.25) is 0 Å². The number of carbonyl (C=O) groups is 3. The van der Waals surface area contributed by atoms with E-state index in [-0.39, 0.29) is 31.5 Å². The number of Topliss-reactive ketones (excluding diaryl/α,β-unsaturated/α-hetero) is 1. The third-order valence-corrected chi connectivity index (χ3v) is 10.5. The fourth-order valence-corrected chi connectivity index (χ4v) is 7.72. The van der Waals surface area contributed by atoms with Gasteiger partial charge in [0, 0.05) is 43.1 Å². The predicted molar refractivity (Wildman–Crippen MR) is 177 cm³/mol. The Hall–Kier alpha value is -2.59. The lowest BCUT2D eigenvalue weighted by molar-refractivity contribution is -0.288. The van der Waals surface area contributed by atoms with Gasteiger partial charge in [0.05, 0.1) is 23.9 Å². The van der Waals surface area contributed by atoms with E-state index in [1.807, 2.05) is 13.8 Å². The number of ketones is 1. The molecule has 280 valence electrons. The van der Waals surface area contributed by atoms with Crippen LogP contribution in [0.25, 0.3) is 10.4 Å². The number of rotatable bonds is 9. The number of fused-ring (bicyclic) bond motifs is 1. The summed E-state index contributed by atoms with van der Waals surface area (Å²) in [6.45, 7) is 14.1. The Morgan fingerprint density at radius 3 is 2.47 bits per heavy atom. The van der Waals surface area contributed by atoms with Gasteiger partial charge >= 0.3 is 12.1 Å². The van der Waals surface area contributed by atoms with Crippen LogP contribution in [-0.2, 0) is 33.3 Å². The minimum atomic E-state index is -3.14. The zero-order valence-corrected chi connectivity index (χ0v) is 30.4. The molecule has 49 heavy (non-hydrogen) atoms. The summed E-state index contributed by atoms with van der Waals surface area (Å²) < 4.78 is 46.6. The molecule has 3 unspecified atom stereocenters. The number of ether oxygens (including phenoxy) is 5. The summed E-state index contributed by atoms with van der Waals surface area (Å²) in [5, 5.41) is 18.0. The van der Waals surface area contributed by atoms with Crippen LogP contribution in [0, 0.1) is 11.8 Å². The number of nitrogens with zero attached hydrogens (tertiary/aromatic N) is 4. The lowest BCUT2D eigenvalue weighted by Gasteiger charge is -2.45. The van der Waals surface area contributed by atoms with Gasteiger partial charge in [-0.1, -0.05) is 25.9 Å². The molecular weight excluding hydrogens is 643 g/mol. The van der Waals surface area contributed by atoms with Gasteiger partial charge in [0.15, 0.2) is 17.7 Å². The third kappa shape index (κ3) is 8.84. The summed E-state index contributed by atoms with van der Waals surface area (Å²) in [4.78, 5) is 45.4. The maximum atomic E-state index is 16.6. The number of nitrogens with one attached hydrogen (secondary N) is 1. The number of methoxy groups -OCH3 is 1. The van der Waals surface area contributed by atoms with Crippen LogP contribution in [0.2, 0.25) is 0 Å². The number of hydrogen-bond acceptors (Lipinski definition) is 12. The molecule has 3 fully saturated rings. The quantitative estimate of drug-likeness (QED) is 0.0792. The molecule has 0 spiro atoms. The molecule has 3 aliphatic heterocycles. The van der Waals surface area contributed by atoms with Crippen LogP contribution in [0.1, 0.15) is 87.5 Å². The molecule has 4 N–H and O–H groups in total. The average molecular weight is 701 g/mol. The third-order valence-electron chi connectivity index (χ3n) is 10.5. The Morgan fingerprint density at radius 1 is 1.18 bits per heavy atom. The minimum absolute atomic E-state index is 0.123. The van der Waals surface area contributed by atoms with E-state index in [9.17, 15) is 19.5 Å². The van der Waals surface area contributed by atoms with Gasteiger partial charge in [-0.05, 0) is 84.7 Å². The van der Waals surface area contributed by atoms with Crippen molar-refractivity contribution in [1.29, 1.82) is 0 Å². The SMILES string of the molecule is CC[C@H]1OC(=O)[C@](C)(F)C(=O)[C@@H](C)[C@@H](O[C@@H]2OC(C)CC(N)C2O)[C@](C)(OC)C[C@@H](C)CN[C@H](C)[C@H]2N(CCCCN=[N+]=[N-])C(=O)O[C@]12C. The number of aliphatic hydroxyl groups excluding tert-OH is 1. The first kappa shape index (κ1) is 40.8. The maximum absolute atomic E-state index is 16.6. The number of amides is 1. The van der Waals surface area contributed by atoms with Crippen LogP contribution in [0.15, 0.2) is 5.11 Å². The van der Waals surface area contributed by atoms with E-state index in [1.54, 1.807) is 32.6 Å². The van der Waals surface area contributed by atoms with E-state index in [0.717, 1.165) is 6.92 Å². The minimum Gasteiger partial charge on any atom is -0.455 e. The summed E-state index contributed by atoms with van der Waals surface area (Å²) in [5.41, 5.74) is 9.00. The molecule has 16 heteroatoms. The lowest BCUT2D eigenvalue weighted by Crippen LogP contribution is -2.61. The number of esters is 1. The molecule has 0 aromatic rings. The Kier molecular flexibility index (Phi) is 13.9. The van der Waals surface area contributed by atoms with Crippen molar-refractivity contribution in [3.05, 3.63) is 10.4 Å².